The summed E-state index contributed by atoms with van der Waals surface area (Å²) in [5.41, 5.74) is 16.8. The summed E-state index contributed by atoms with van der Waals surface area (Å²) in [6.07, 6.45) is 4.41. The van der Waals surface area contributed by atoms with E-state index in [9.17, 15) is 0 Å². The van der Waals surface area contributed by atoms with Crippen LogP contribution in [0.3, 0.4) is 0 Å². The second kappa shape index (κ2) is 10.5. The minimum absolute atomic E-state index is 0.706. The molecule has 0 radical (unpaired) electrons. The third-order valence-corrected chi connectivity index (χ3v) is 9.35. The van der Waals surface area contributed by atoms with Gasteiger partial charge < -0.3 is 14.7 Å². The Morgan fingerprint density at radius 1 is 0.478 bits per heavy atom. The molecule has 0 aliphatic heterocycles. The van der Waals surface area contributed by atoms with Crippen molar-refractivity contribution < 1.29 is 0 Å². The maximum absolute atomic E-state index is 6.65. The lowest BCUT2D eigenvalue weighted by atomic mass is 10.0. The van der Waals surface area contributed by atoms with Crippen molar-refractivity contribution in [3.05, 3.63) is 175 Å². The zero-order valence-electron chi connectivity index (χ0n) is 25.3. The molecule has 0 saturated carbocycles. The summed E-state index contributed by atoms with van der Waals surface area (Å²) in [5, 5.41) is 7.58. The van der Waals surface area contributed by atoms with Crippen LogP contribution >= 0.6 is 0 Å². The molecule has 9 aromatic rings. The second-order valence-corrected chi connectivity index (χ2v) is 12.0. The van der Waals surface area contributed by atoms with E-state index in [1.54, 1.807) is 0 Å². The van der Waals surface area contributed by atoms with Gasteiger partial charge in [0.05, 0.1) is 22.1 Å². The van der Waals surface area contributed by atoms with Crippen LogP contribution in [-0.4, -0.2) is 8.97 Å². The number of rotatable bonds is 5. The summed E-state index contributed by atoms with van der Waals surface area (Å²) < 4.78 is 4.89. The topological polar surface area (TPSA) is 35.4 Å². The van der Waals surface area contributed by atoms with Gasteiger partial charge in [0, 0.05) is 44.7 Å². The third kappa shape index (κ3) is 4.13. The fraction of sp³-hybridized carbons (Fsp3) is 0.0233. The van der Waals surface area contributed by atoms with Crippen LogP contribution in [0.25, 0.3) is 71.2 Å². The Balaban J connectivity index is 1.28. The second-order valence-electron chi connectivity index (χ2n) is 12.0. The summed E-state index contributed by atoms with van der Waals surface area (Å²) >= 11 is 0. The molecule has 0 saturated heterocycles. The molecular weight excluding hydrogens is 558 g/mol. The van der Waals surface area contributed by atoms with E-state index in [1.165, 1.54) is 59.9 Å². The molecule has 3 heteroatoms. The normalized spacial score (nSPS) is 12.8. The van der Waals surface area contributed by atoms with Gasteiger partial charge in [-0.1, -0.05) is 127 Å². The van der Waals surface area contributed by atoms with Crippen molar-refractivity contribution in [3.63, 3.8) is 0 Å². The predicted molar refractivity (Wildman–Crippen MR) is 196 cm³/mol. The van der Waals surface area contributed by atoms with Crippen LogP contribution in [0.5, 0.6) is 0 Å². The number of nitrogens with two attached hydrogens (primary N) is 1. The van der Waals surface area contributed by atoms with Crippen LogP contribution in [0, 0.1) is 0 Å². The summed E-state index contributed by atoms with van der Waals surface area (Å²) in [4.78, 5) is 0. The number of para-hydroxylation sites is 2. The number of allylic oxidation sites excluding steroid dienone is 3. The van der Waals surface area contributed by atoms with E-state index in [2.05, 4.69) is 155 Å². The van der Waals surface area contributed by atoms with Crippen molar-refractivity contribution in [1.82, 2.24) is 8.97 Å². The zero-order valence-corrected chi connectivity index (χ0v) is 25.3. The molecule has 0 atom stereocenters. The van der Waals surface area contributed by atoms with E-state index >= 15 is 0 Å². The zero-order chi connectivity index (χ0) is 30.6. The first kappa shape index (κ1) is 26.4. The fourth-order valence-corrected chi connectivity index (χ4v) is 7.20. The van der Waals surface area contributed by atoms with Crippen molar-refractivity contribution in [1.29, 1.82) is 0 Å². The van der Waals surface area contributed by atoms with Gasteiger partial charge in [-0.3, -0.25) is 0 Å². The monoisotopic (exact) mass is 589 g/mol. The number of aromatic nitrogens is 2. The Bertz CT molecular complexity index is 2650. The minimum Gasteiger partial charge on any atom is -0.398 e. The number of hydrogen-bond donors (Lipinski definition) is 1. The molecular formula is C43H31N3. The fourth-order valence-electron chi connectivity index (χ4n) is 7.20. The Kier molecular flexibility index (Phi) is 6.04. The molecule has 3 nitrogen and oxygen atoms in total. The first-order valence-corrected chi connectivity index (χ1v) is 15.8. The van der Waals surface area contributed by atoms with Crippen molar-refractivity contribution in [2.75, 3.05) is 0 Å². The number of benzene rings is 6. The Morgan fingerprint density at radius 2 is 1.02 bits per heavy atom. The van der Waals surface area contributed by atoms with E-state index in [-0.39, 0.29) is 0 Å². The largest absolute Gasteiger partial charge is 0.398 e. The highest BCUT2D eigenvalue weighted by molar-refractivity contribution is 6.18. The lowest BCUT2D eigenvalue weighted by Gasteiger charge is -2.10. The van der Waals surface area contributed by atoms with Crippen molar-refractivity contribution in [2.24, 2.45) is 5.73 Å². The van der Waals surface area contributed by atoms with E-state index in [0.717, 1.165) is 22.4 Å². The average Bonchev–Trinajstić information content (AvgIpc) is 3.65. The SMILES string of the molecule is N/C(=C\C(=C/Cn1c2ccccc2c2cc3c(cc21)cc1c2ccccc2c2ccccc2n31)c1ccccc1)c1ccccc1. The van der Waals surface area contributed by atoms with Crippen LogP contribution < -0.4 is 5.73 Å². The summed E-state index contributed by atoms with van der Waals surface area (Å²) in [6, 6.07) is 54.1. The molecule has 46 heavy (non-hydrogen) atoms. The molecule has 9 rings (SSSR count). The van der Waals surface area contributed by atoms with E-state index in [1.807, 2.05) is 18.2 Å². The van der Waals surface area contributed by atoms with Gasteiger partial charge in [-0.15, -0.1) is 0 Å². The Hall–Kier alpha value is -6.06. The highest BCUT2D eigenvalue weighted by atomic mass is 15.0. The predicted octanol–water partition coefficient (Wildman–Crippen LogP) is 10.6. The number of pyridine rings is 1. The van der Waals surface area contributed by atoms with Gasteiger partial charge in [0.2, 0.25) is 0 Å². The van der Waals surface area contributed by atoms with Crippen LogP contribution in [0.2, 0.25) is 0 Å². The number of hydrogen-bond acceptors (Lipinski definition) is 1. The number of fused-ring (bicyclic) bond motifs is 11. The lowest BCUT2D eigenvalue weighted by molar-refractivity contribution is 0.901. The molecule has 0 amide bonds. The van der Waals surface area contributed by atoms with Gasteiger partial charge >= 0.3 is 0 Å². The maximum Gasteiger partial charge on any atom is 0.0547 e. The van der Waals surface area contributed by atoms with Crippen molar-refractivity contribution in [2.45, 2.75) is 6.54 Å². The molecule has 0 fully saturated rings. The van der Waals surface area contributed by atoms with Gasteiger partial charge in [-0.25, -0.2) is 0 Å². The van der Waals surface area contributed by atoms with Gasteiger partial charge in [0.25, 0.3) is 0 Å². The van der Waals surface area contributed by atoms with Gasteiger partial charge in [0.15, 0.2) is 0 Å². The molecule has 0 aliphatic carbocycles. The molecule has 3 aromatic heterocycles. The Morgan fingerprint density at radius 3 is 1.74 bits per heavy atom. The quantitative estimate of drug-likeness (QED) is 0.157. The first-order valence-electron chi connectivity index (χ1n) is 15.8. The van der Waals surface area contributed by atoms with Crippen molar-refractivity contribution >= 4 is 71.2 Å². The van der Waals surface area contributed by atoms with Crippen LogP contribution in [-0.2, 0) is 6.54 Å². The highest BCUT2D eigenvalue weighted by Gasteiger charge is 2.16. The Labute approximate surface area is 266 Å². The van der Waals surface area contributed by atoms with E-state index in [4.69, 9.17) is 5.73 Å². The summed E-state index contributed by atoms with van der Waals surface area (Å²) in [5.74, 6) is 0. The number of nitrogens with zero attached hydrogens (tertiary/aromatic N) is 2. The summed E-state index contributed by atoms with van der Waals surface area (Å²) in [7, 11) is 0. The molecule has 0 spiro atoms. The van der Waals surface area contributed by atoms with E-state index < -0.39 is 0 Å². The van der Waals surface area contributed by atoms with Gasteiger partial charge in [-0.05, 0) is 58.5 Å². The average molecular weight is 590 g/mol. The molecule has 3 heterocycles. The lowest BCUT2D eigenvalue weighted by Crippen LogP contribution is -1.99. The molecule has 2 N–H and O–H groups in total. The molecule has 0 aliphatic rings. The van der Waals surface area contributed by atoms with Crippen LogP contribution in [0.1, 0.15) is 11.1 Å². The van der Waals surface area contributed by atoms with Gasteiger partial charge in [-0.2, -0.15) is 0 Å². The molecule has 218 valence electrons. The third-order valence-electron chi connectivity index (χ3n) is 9.35. The smallest absolute Gasteiger partial charge is 0.0547 e. The minimum atomic E-state index is 0.706. The molecule has 0 unspecified atom stereocenters. The standard InChI is InChI=1S/C43H31N3/c44-38(30-15-5-2-6-16-30)25-31(29-13-3-1-4-14-29)23-24-45-39-21-11-9-20-36(39)37-28-41-32(26-42(37)45)27-43-35-19-8-7-17-33(35)34-18-10-12-22-40(34)46(41)43/h1-23,25-28H,24,44H2/b31-23+,38-25-. The summed E-state index contributed by atoms with van der Waals surface area (Å²) in [6.45, 7) is 0.706. The first-order chi connectivity index (χ1) is 22.7. The van der Waals surface area contributed by atoms with Gasteiger partial charge in [0.1, 0.15) is 0 Å². The van der Waals surface area contributed by atoms with E-state index in [0.29, 0.717) is 6.54 Å². The highest BCUT2D eigenvalue weighted by Crippen LogP contribution is 2.38. The van der Waals surface area contributed by atoms with Crippen molar-refractivity contribution in [3.8, 4) is 0 Å². The van der Waals surface area contributed by atoms with Crippen LogP contribution in [0.4, 0.5) is 0 Å². The van der Waals surface area contributed by atoms with Crippen LogP contribution in [0.15, 0.2) is 164 Å². The maximum atomic E-state index is 6.65. The molecule has 6 aromatic carbocycles. The molecule has 0 bridgehead atoms.